The van der Waals surface area contributed by atoms with Crippen LogP contribution in [0.25, 0.3) is 0 Å². The summed E-state index contributed by atoms with van der Waals surface area (Å²) in [4.78, 5) is 0. The van der Waals surface area contributed by atoms with E-state index in [0.29, 0.717) is 0 Å². The Balaban J connectivity index is -0.0000000327. The Morgan fingerprint density at radius 2 is 1.50 bits per heavy atom. The molecule has 0 saturated carbocycles. The van der Waals surface area contributed by atoms with E-state index in [1.807, 2.05) is 0 Å². The third-order valence-corrected chi connectivity index (χ3v) is 0.733. The number of rotatable bonds is 0. The summed E-state index contributed by atoms with van der Waals surface area (Å²) in [5, 5.41) is 0. The molecule has 0 bridgehead atoms. The zero-order valence-corrected chi connectivity index (χ0v) is 8.02. The van der Waals surface area contributed by atoms with Crippen molar-refractivity contribution in [1.29, 1.82) is 0 Å². The van der Waals surface area contributed by atoms with E-state index in [1.54, 1.807) is 18.2 Å². The van der Waals surface area contributed by atoms with Gasteiger partial charge in [-0.2, -0.15) is 0 Å². The van der Waals surface area contributed by atoms with E-state index in [0.717, 1.165) is 0 Å². The normalized spacial score (nSPS) is 6.10. The monoisotopic (exact) mass is 164 g/mol. The minimum atomic E-state index is -0.178. The predicted octanol–water partition coefficient (Wildman–Crippen LogP) is -4.32. The molecule has 0 heterocycles. The van der Waals surface area contributed by atoms with Gasteiger partial charge in [0.25, 0.3) is 0 Å². The maximum atomic E-state index is 11.9. The van der Waals surface area contributed by atoms with Gasteiger partial charge < -0.3 is 15.3 Å². The summed E-state index contributed by atoms with van der Waals surface area (Å²) < 4.78 is 11.9. The van der Waals surface area contributed by atoms with Gasteiger partial charge in [-0.05, 0) is 12.1 Å². The Morgan fingerprint density at radius 3 is 1.70 bits per heavy atom. The van der Waals surface area contributed by atoms with Crippen LogP contribution in [0.1, 0.15) is 2.85 Å². The fraction of sp³-hybridized carbons (Fsp3) is 0. The molecule has 0 atom stereocenters. The fourth-order valence-electron chi connectivity index (χ4n) is 0.415. The second kappa shape index (κ2) is 9.80. The Labute approximate surface area is 97.3 Å². The maximum absolute atomic E-state index is 11.9. The summed E-state index contributed by atoms with van der Waals surface area (Å²) >= 11 is 0. The van der Waals surface area contributed by atoms with Crippen LogP contribution in [0.4, 0.5) is 4.39 Å². The van der Waals surface area contributed by atoms with Gasteiger partial charge >= 0.3 is 41.9 Å². The van der Waals surface area contributed by atoms with Crippen molar-refractivity contribution in [2.24, 2.45) is 0 Å². The molecule has 0 aliphatic carbocycles. The minimum Gasteiger partial charge on any atom is -1.00 e. The molecule has 10 heavy (non-hydrogen) atoms. The summed E-state index contributed by atoms with van der Waals surface area (Å²) in [5.74, 6) is -0.178. The Bertz CT molecular complexity index is 155. The molecule has 0 aliphatic rings. The first kappa shape index (κ1) is 17.1. The van der Waals surface area contributed by atoms with E-state index >= 15 is 0 Å². The van der Waals surface area contributed by atoms with Crippen molar-refractivity contribution in [2.45, 2.75) is 0 Å². The zero-order valence-electron chi connectivity index (χ0n) is 7.85. The van der Waals surface area contributed by atoms with Crippen molar-refractivity contribution in [1.82, 2.24) is 0 Å². The largest absolute Gasteiger partial charge is 2.00 e. The van der Waals surface area contributed by atoms with Gasteiger partial charge in [0.05, 0.1) is 0 Å². The first-order chi connectivity index (χ1) is 3.39. The van der Waals surface area contributed by atoms with Crippen molar-refractivity contribution in [3.63, 3.8) is 0 Å². The van der Waals surface area contributed by atoms with Gasteiger partial charge in [0.2, 0.25) is 0 Å². The van der Waals surface area contributed by atoms with E-state index in [4.69, 9.17) is 0 Å². The van der Waals surface area contributed by atoms with E-state index in [2.05, 4.69) is 0 Å². The minimum absolute atomic E-state index is 0. The molecule has 0 unspecified atom stereocenters. The van der Waals surface area contributed by atoms with E-state index in [1.165, 1.54) is 12.1 Å². The van der Waals surface area contributed by atoms with Crippen molar-refractivity contribution >= 4 is 23.1 Å². The van der Waals surface area contributed by atoms with E-state index in [9.17, 15) is 4.39 Å². The Morgan fingerprint density at radius 1 is 1.10 bits per heavy atom. The fourth-order valence-corrected chi connectivity index (χ4v) is 0.415. The van der Waals surface area contributed by atoms with Gasteiger partial charge in [-0.25, -0.2) is 4.39 Å². The smallest absolute Gasteiger partial charge is 1.00 e. The first-order valence-electron chi connectivity index (χ1n) is 2.10. The predicted molar refractivity (Wildman–Crippen MR) is 34.4 cm³/mol. The van der Waals surface area contributed by atoms with Crippen molar-refractivity contribution in [3.8, 4) is 0 Å². The molecule has 0 saturated heterocycles. The van der Waals surface area contributed by atoms with Crippen LogP contribution in [-0.2, 0) is 0 Å². The molecule has 0 aliphatic heterocycles. The average Bonchev–Trinajstić information content (AvgIpc) is 1.69. The quantitative estimate of drug-likeness (QED) is 0.341. The summed E-state index contributed by atoms with van der Waals surface area (Å²) in [6.07, 6.45) is 0. The van der Waals surface area contributed by atoms with Crippen LogP contribution in [0.5, 0.6) is 0 Å². The maximum Gasteiger partial charge on any atom is 2.00 e. The van der Waals surface area contributed by atoms with Crippen LogP contribution < -0.4 is 31.3 Å². The van der Waals surface area contributed by atoms with E-state index in [-0.39, 0.29) is 63.0 Å². The number of hydrogen-bond acceptors (Lipinski definition) is 0. The standard InChI is InChI=1S/C6H5F.ClH.Li.Mg.2H/c7-6-4-2-1-3-5-6;;;;;/h1-5H;1H;;;;/q;;+1;+2;2*-1/p-1. The Kier molecular flexibility index (Phi) is 16.7. The third-order valence-electron chi connectivity index (χ3n) is 0.733. The van der Waals surface area contributed by atoms with Gasteiger partial charge in [0, 0.05) is 0 Å². The summed E-state index contributed by atoms with van der Waals surface area (Å²) in [7, 11) is 0. The van der Waals surface area contributed by atoms with E-state index < -0.39 is 0 Å². The second-order valence-corrected chi connectivity index (χ2v) is 1.30. The molecule has 48 valence electrons. The summed E-state index contributed by atoms with van der Waals surface area (Å²) in [6.45, 7) is 0. The van der Waals surface area contributed by atoms with Crippen molar-refractivity contribution in [3.05, 3.63) is 36.1 Å². The topological polar surface area (TPSA) is 0 Å². The molecule has 0 aromatic heterocycles. The van der Waals surface area contributed by atoms with Crippen molar-refractivity contribution < 1.29 is 38.5 Å². The van der Waals surface area contributed by atoms with Gasteiger partial charge in [0.15, 0.2) is 0 Å². The molecule has 0 amide bonds. The molecule has 1 aromatic carbocycles. The molecular formula is C6H7ClFLiMg. The third kappa shape index (κ3) is 6.92. The van der Waals surface area contributed by atoms with Gasteiger partial charge in [-0.3, -0.25) is 0 Å². The van der Waals surface area contributed by atoms with Gasteiger partial charge in [-0.15, -0.1) is 0 Å². The van der Waals surface area contributed by atoms with Crippen LogP contribution >= 0.6 is 0 Å². The van der Waals surface area contributed by atoms with Crippen LogP contribution in [0.15, 0.2) is 30.3 Å². The number of benzene rings is 1. The van der Waals surface area contributed by atoms with Crippen molar-refractivity contribution in [2.75, 3.05) is 0 Å². The number of halogens is 2. The van der Waals surface area contributed by atoms with Gasteiger partial charge in [-0.1, -0.05) is 18.2 Å². The molecule has 1 rings (SSSR count). The SMILES string of the molecule is Fc1ccccc1.[Cl-].[H-].[H-].[Li+].[Mg+2]. The number of hydrogen-bond donors (Lipinski definition) is 0. The summed E-state index contributed by atoms with van der Waals surface area (Å²) in [6, 6.07) is 7.94. The molecule has 0 N–H and O–H groups in total. The summed E-state index contributed by atoms with van der Waals surface area (Å²) in [5.41, 5.74) is 0. The van der Waals surface area contributed by atoms with Crippen LogP contribution in [0, 0.1) is 5.82 Å². The molecule has 0 nitrogen and oxygen atoms in total. The zero-order chi connectivity index (χ0) is 5.11. The van der Waals surface area contributed by atoms with Crippen LogP contribution in [0.3, 0.4) is 0 Å². The molecule has 0 spiro atoms. The van der Waals surface area contributed by atoms with Gasteiger partial charge in [0.1, 0.15) is 5.82 Å². The molecule has 4 heteroatoms. The molecular weight excluding hydrogens is 158 g/mol. The molecule has 0 radical (unpaired) electrons. The first-order valence-corrected chi connectivity index (χ1v) is 2.10. The second-order valence-electron chi connectivity index (χ2n) is 1.30. The van der Waals surface area contributed by atoms with Crippen LogP contribution in [0.2, 0.25) is 0 Å². The molecule has 1 aromatic rings. The molecule has 0 fully saturated rings. The van der Waals surface area contributed by atoms with Crippen LogP contribution in [-0.4, -0.2) is 23.1 Å². The Hall–Kier alpha value is 0.804. The average molecular weight is 165 g/mol.